The first-order valence-electron chi connectivity index (χ1n) is 8.15. The van der Waals surface area contributed by atoms with Gasteiger partial charge >= 0.3 is 0 Å². The summed E-state index contributed by atoms with van der Waals surface area (Å²) in [5.41, 5.74) is -0.00918. The van der Waals surface area contributed by atoms with E-state index in [1.54, 1.807) is 0 Å². The van der Waals surface area contributed by atoms with Gasteiger partial charge in [-0.05, 0) is 38.1 Å². The van der Waals surface area contributed by atoms with Crippen molar-refractivity contribution in [2.24, 2.45) is 11.3 Å². The minimum Gasteiger partial charge on any atom is -0.342 e. The summed E-state index contributed by atoms with van der Waals surface area (Å²) in [7, 11) is 0. The first kappa shape index (κ1) is 14.8. The van der Waals surface area contributed by atoms with Gasteiger partial charge in [-0.3, -0.25) is 4.79 Å². The van der Waals surface area contributed by atoms with Crippen LogP contribution in [0.3, 0.4) is 0 Å². The SMILES string of the molecule is CCNC1CCN(C(=O)C2(CC)CCCC2)CC1C. The zero-order valence-corrected chi connectivity index (χ0v) is 12.9. The second-order valence-corrected chi connectivity index (χ2v) is 6.52. The van der Waals surface area contributed by atoms with Gasteiger partial charge in [0.2, 0.25) is 5.91 Å². The molecule has 1 heterocycles. The van der Waals surface area contributed by atoms with Crippen LogP contribution in [-0.2, 0) is 4.79 Å². The van der Waals surface area contributed by atoms with Gasteiger partial charge in [0.05, 0.1) is 0 Å². The zero-order chi connectivity index (χ0) is 13.9. The number of nitrogens with one attached hydrogen (secondary N) is 1. The Balaban J connectivity index is 1.97. The normalized spacial score (nSPS) is 30.6. The number of carbonyl (C=O) groups excluding carboxylic acids is 1. The third kappa shape index (κ3) is 2.96. The van der Waals surface area contributed by atoms with Crippen LogP contribution in [0.25, 0.3) is 0 Å². The fraction of sp³-hybridized carbons (Fsp3) is 0.938. The minimum absolute atomic E-state index is 0.00918. The maximum atomic E-state index is 12.9. The van der Waals surface area contributed by atoms with Crippen LogP contribution in [0.5, 0.6) is 0 Å². The third-order valence-electron chi connectivity index (χ3n) is 5.35. The largest absolute Gasteiger partial charge is 0.342 e. The summed E-state index contributed by atoms with van der Waals surface area (Å²) in [5, 5.41) is 3.55. The van der Waals surface area contributed by atoms with Gasteiger partial charge < -0.3 is 10.2 Å². The molecule has 2 aliphatic rings. The molecule has 0 aromatic rings. The average Bonchev–Trinajstić information content (AvgIpc) is 2.90. The standard InChI is InChI=1S/C16H30N2O/c1-4-16(9-6-7-10-16)15(19)18-11-8-14(17-5-2)13(3)12-18/h13-14,17H,4-12H2,1-3H3. The number of amides is 1. The molecule has 1 aliphatic carbocycles. The Morgan fingerprint density at radius 3 is 2.53 bits per heavy atom. The molecule has 1 aliphatic heterocycles. The Morgan fingerprint density at radius 1 is 1.32 bits per heavy atom. The minimum atomic E-state index is -0.00918. The van der Waals surface area contributed by atoms with Gasteiger partial charge in [-0.15, -0.1) is 0 Å². The number of piperidine rings is 1. The number of hydrogen-bond donors (Lipinski definition) is 1. The van der Waals surface area contributed by atoms with Crippen molar-refractivity contribution < 1.29 is 4.79 Å². The summed E-state index contributed by atoms with van der Waals surface area (Å²) < 4.78 is 0. The molecule has 0 aromatic carbocycles. The molecular formula is C16H30N2O. The van der Waals surface area contributed by atoms with Crippen molar-refractivity contribution in [3.8, 4) is 0 Å². The molecule has 1 saturated heterocycles. The van der Waals surface area contributed by atoms with E-state index in [4.69, 9.17) is 0 Å². The Morgan fingerprint density at radius 2 is 2.00 bits per heavy atom. The van der Waals surface area contributed by atoms with E-state index in [0.717, 1.165) is 45.3 Å². The Kier molecular flexibility index (Phi) is 4.88. The smallest absolute Gasteiger partial charge is 0.228 e. The van der Waals surface area contributed by atoms with Crippen molar-refractivity contribution in [3.63, 3.8) is 0 Å². The topological polar surface area (TPSA) is 32.3 Å². The quantitative estimate of drug-likeness (QED) is 0.848. The van der Waals surface area contributed by atoms with Crippen molar-refractivity contribution in [2.45, 2.75) is 65.3 Å². The van der Waals surface area contributed by atoms with Crippen molar-refractivity contribution >= 4 is 5.91 Å². The lowest BCUT2D eigenvalue weighted by molar-refractivity contribution is -0.144. The second-order valence-electron chi connectivity index (χ2n) is 6.52. The molecule has 2 rings (SSSR count). The molecule has 0 radical (unpaired) electrons. The maximum absolute atomic E-state index is 12.9. The highest BCUT2D eigenvalue weighted by atomic mass is 16.2. The van der Waals surface area contributed by atoms with Gasteiger partial charge in [-0.2, -0.15) is 0 Å². The van der Waals surface area contributed by atoms with E-state index in [0.29, 0.717) is 17.9 Å². The molecular weight excluding hydrogens is 236 g/mol. The van der Waals surface area contributed by atoms with Crippen molar-refractivity contribution in [3.05, 3.63) is 0 Å². The van der Waals surface area contributed by atoms with E-state index < -0.39 is 0 Å². The van der Waals surface area contributed by atoms with E-state index in [2.05, 4.69) is 31.0 Å². The van der Waals surface area contributed by atoms with E-state index in [1.165, 1.54) is 12.8 Å². The zero-order valence-electron chi connectivity index (χ0n) is 12.9. The van der Waals surface area contributed by atoms with Crippen molar-refractivity contribution in [1.29, 1.82) is 0 Å². The van der Waals surface area contributed by atoms with Crippen LogP contribution in [0, 0.1) is 11.3 Å². The lowest BCUT2D eigenvalue weighted by Gasteiger charge is -2.41. The average molecular weight is 266 g/mol. The summed E-state index contributed by atoms with van der Waals surface area (Å²) in [5.74, 6) is 1.03. The summed E-state index contributed by atoms with van der Waals surface area (Å²) in [6, 6.07) is 0.593. The van der Waals surface area contributed by atoms with Crippen molar-refractivity contribution in [2.75, 3.05) is 19.6 Å². The molecule has 110 valence electrons. The van der Waals surface area contributed by atoms with Crippen LogP contribution < -0.4 is 5.32 Å². The molecule has 1 saturated carbocycles. The van der Waals surface area contributed by atoms with E-state index in [9.17, 15) is 4.79 Å². The second kappa shape index (κ2) is 6.25. The van der Waals surface area contributed by atoms with Crippen molar-refractivity contribution in [1.82, 2.24) is 10.2 Å². The number of rotatable bonds is 4. The summed E-state index contributed by atoms with van der Waals surface area (Å²) in [6.45, 7) is 9.55. The fourth-order valence-corrected chi connectivity index (χ4v) is 4.00. The monoisotopic (exact) mass is 266 g/mol. The maximum Gasteiger partial charge on any atom is 0.228 e. The predicted octanol–water partition coefficient (Wildman–Crippen LogP) is 2.80. The number of carbonyl (C=O) groups is 1. The number of likely N-dealkylation sites (tertiary alicyclic amines) is 1. The molecule has 3 heteroatoms. The molecule has 19 heavy (non-hydrogen) atoms. The highest BCUT2D eigenvalue weighted by Gasteiger charge is 2.43. The third-order valence-corrected chi connectivity index (χ3v) is 5.35. The molecule has 1 N–H and O–H groups in total. The molecule has 2 unspecified atom stereocenters. The Labute approximate surface area is 118 Å². The highest BCUT2D eigenvalue weighted by Crippen LogP contribution is 2.43. The van der Waals surface area contributed by atoms with Gasteiger partial charge in [0.15, 0.2) is 0 Å². The van der Waals surface area contributed by atoms with Crippen LogP contribution in [0.1, 0.15) is 59.3 Å². The molecule has 1 amide bonds. The Hall–Kier alpha value is -0.570. The summed E-state index contributed by atoms with van der Waals surface area (Å²) in [4.78, 5) is 15.0. The van der Waals surface area contributed by atoms with Gasteiger partial charge in [0.25, 0.3) is 0 Å². The fourth-order valence-electron chi connectivity index (χ4n) is 4.00. The molecule has 3 nitrogen and oxygen atoms in total. The lowest BCUT2D eigenvalue weighted by Crippen LogP contribution is -2.53. The van der Waals surface area contributed by atoms with Crippen LogP contribution >= 0.6 is 0 Å². The number of hydrogen-bond acceptors (Lipinski definition) is 2. The molecule has 2 atom stereocenters. The first-order chi connectivity index (χ1) is 9.13. The van der Waals surface area contributed by atoms with Crippen LogP contribution in [0.4, 0.5) is 0 Å². The molecule has 2 fully saturated rings. The first-order valence-corrected chi connectivity index (χ1v) is 8.15. The number of nitrogens with zero attached hydrogens (tertiary/aromatic N) is 1. The summed E-state index contributed by atoms with van der Waals surface area (Å²) >= 11 is 0. The summed E-state index contributed by atoms with van der Waals surface area (Å²) in [6.07, 6.45) is 6.84. The molecule has 0 bridgehead atoms. The lowest BCUT2D eigenvalue weighted by atomic mass is 9.80. The van der Waals surface area contributed by atoms with E-state index >= 15 is 0 Å². The van der Waals surface area contributed by atoms with Crippen LogP contribution in [0.15, 0.2) is 0 Å². The van der Waals surface area contributed by atoms with Gasteiger partial charge in [-0.1, -0.05) is 33.6 Å². The van der Waals surface area contributed by atoms with Gasteiger partial charge in [-0.25, -0.2) is 0 Å². The van der Waals surface area contributed by atoms with Crippen LogP contribution in [-0.4, -0.2) is 36.5 Å². The van der Waals surface area contributed by atoms with Gasteiger partial charge in [0, 0.05) is 24.5 Å². The Bertz CT molecular complexity index is 310. The molecule has 0 aromatic heterocycles. The molecule has 0 spiro atoms. The predicted molar refractivity (Wildman–Crippen MR) is 79.0 cm³/mol. The van der Waals surface area contributed by atoms with E-state index in [-0.39, 0.29) is 5.41 Å². The van der Waals surface area contributed by atoms with E-state index in [1.807, 2.05) is 0 Å². The van der Waals surface area contributed by atoms with Crippen LogP contribution in [0.2, 0.25) is 0 Å². The highest BCUT2D eigenvalue weighted by molar-refractivity contribution is 5.83. The van der Waals surface area contributed by atoms with Gasteiger partial charge in [0.1, 0.15) is 0 Å².